The van der Waals surface area contributed by atoms with Crippen LogP contribution >= 0.6 is 0 Å². The number of hydrogen-bond donors (Lipinski definition) is 1. The molecule has 2 unspecified atom stereocenters. The van der Waals surface area contributed by atoms with Crippen molar-refractivity contribution >= 4 is 15.7 Å². The maximum atomic E-state index is 13.4. The first-order valence-corrected chi connectivity index (χ1v) is 13.6. The molecule has 0 spiro atoms. The van der Waals surface area contributed by atoms with Crippen molar-refractivity contribution in [2.45, 2.75) is 36.9 Å². The number of aliphatic hydroxyl groups is 1. The second-order valence-electron chi connectivity index (χ2n) is 9.25. The molecule has 2 atom stereocenters. The minimum absolute atomic E-state index is 0.117. The summed E-state index contributed by atoms with van der Waals surface area (Å²) in [6.45, 7) is 2.45. The van der Waals surface area contributed by atoms with Gasteiger partial charge in [-0.1, -0.05) is 71.4 Å². The fourth-order valence-electron chi connectivity index (χ4n) is 4.71. The van der Waals surface area contributed by atoms with E-state index >= 15 is 0 Å². The molecular formula is C28H30N2O5S. The van der Waals surface area contributed by atoms with E-state index in [9.17, 15) is 13.5 Å². The zero-order valence-corrected chi connectivity index (χ0v) is 21.0. The Morgan fingerprint density at radius 2 is 1.61 bits per heavy atom. The first-order chi connectivity index (χ1) is 17.4. The molecule has 5 rings (SSSR count). The number of sulfonamides is 1. The molecular weight excluding hydrogens is 476 g/mol. The second-order valence-corrected chi connectivity index (χ2v) is 11.2. The largest absolute Gasteiger partial charge is 0.392 e. The zero-order valence-electron chi connectivity index (χ0n) is 20.2. The van der Waals surface area contributed by atoms with Crippen LogP contribution in [0.15, 0.2) is 82.8 Å². The normalized spacial score (nSPS) is 17.6. The van der Waals surface area contributed by atoms with E-state index in [4.69, 9.17) is 9.57 Å². The van der Waals surface area contributed by atoms with Gasteiger partial charge in [0.25, 0.3) is 0 Å². The number of oxime groups is 1. The minimum Gasteiger partial charge on any atom is -0.392 e. The van der Waals surface area contributed by atoms with Crippen molar-refractivity contribution < 1.29 is 23.1 Å². The van der Waals surface area contributed by atoms with Crippen LogP contribution in [0.5, 0.6) is 0 Å². The van der Waals surface area contributed by atoms with E-state index < -0.39 is 16.1 Å². The standard InChI is InChI=1S/C28H30N2O5S/c1-20-12-14-23(15-13-20)36(32,33)30(18-22-7-6-16-34-22)17-21(31)19-35-29-28-26-10-4-2-8-24(26)25-9-3-5-11-27(25)28/h2-5,8-15,21-22,31H,6-7,16-19H2,1H3. The average Bonchev–Trinajstić information content (AvgIpc) is 3.51. The van der Waals surface area contributed by atoms with E-state index in [-0.39, 0.29) is 30.7 Å². The van der Waals surface area contributed by atoms with Gasteiger partial charge in [-0.2, -0.15) is 4.31 Å². The molecule has 0 saturated carbocycles. The van der Waals surface area contributed by atoms with E-state index in [1.54, 1.807) is 24.3 Å². The Morgan fingerprint density at radius 1 is 1.00 bits per heavy atom. The first-order valence-electron chi connectivity index (χ1n) is 12.2. The second kappa shape index (κ2) is 10.5. The molecule has 0 bridgehead atoms. The smallest absolute Gasteiger partial charge is 0.243 e. The summed E-state index contributed by atoms with van der Waals surface area (Å²) >= 11 is 0. The Hall–Kier alpha value is -3.04. The Kier molecular flexibility index (Phi) is 7.20. The van der Waals surface area contributed by atoms with E-state index in [1.165, 1.54) is 4.31 Å². The van der Waals surface area contributed by atoms with Gasteiger partial charge in [-0.15, -0.1) is 0 Å². The predicted molar refractivity (Wildman–Crippen MR) is 138 cm³/mol. The van der Waals surface area contributed by atoms with Crippen LogP contribution in [0.3, 0.4) is 0 Å². The molecule has 0 amide bonds. The maximum absolute atomic E-state index is 13.4. The van der Waals surface area contributed by atoms with Crippen molar-refractivity contribution in [2.24, 2.45) is 5.16 Å². The molecule has 2 aliphatic rings. The molecule has 3 aromatic carbocycles. The topological polar surface area (TPSA) is 88.4 Å². The third kappa shape index (κ3) is 5.08. The number of hydrogen-bond acceptors (Lipinski definition) is 6. The van der Waals surface area contributed by atoms with E-state index in [0.29, 0.717) is 12.3 Å². The molecule has 1 aliphatic heterocycles. The Balaban J connectivity index is 1.31. The van der Waals surface area contributed by atoms with Gasteiger partial charge >= 0.3 is 0 Å². The lowest BCUT2D eigenvalue weighted by atomic mass is 10.1. The molecule has 0 radical (unpaired) electrons. The quantitative estimate of drug-likeness (QED) is 0.347. The number of nitrogens with zero attached hydrogens (tertiary/aromatic N) is 2. The molecule has 1 fully saturated rings. The highest BCUT2D eigenvalue weighted by Crippen LogP contribution is 2.36. The highest BCUT2D eigenvalue weighted by Gasteiger charge is 2.31. The Morgan fingerprint density at radius 3 is 2.19 bits per heavy atom. The lowest BCUT2D eigenvalue weighted by Gasteiger charge is -2.26. The summed E-state index contributed by atoms with van der Waals surface area (Å²) < 4.78 is 33.8. The van der Waals surface area contributed by atoms with E-state index in [2.05, 4.69) is 5.16 Å². The number of fused-ring (bicyclic) bond motifs is 3. The fourth-order valence-corrected chi connectivity index (χ4v) is 6.22. The highest BCUT2D eigenvalue weighted by molar-refractivity contribution is 7.89. The van der Waals surface area contributed by atoms with Crippen molar-refractivity contribution in [1.29, 1.82) is 0 Å². The van der Waals surface area contributed by atoms with Crippen molar-refractivity contribution in [3.63, 3.8) is 0 Å². The van der Waals surface area contributed by atoms with E-state index in [0.717, 1.165) is 40.7 Å². The molecule has 0 aromatic heterocycles. The number of ether oxygens (including phenoxy) is 1. The summed E-state index contributed by atoms with van der Waals surface area (Å²) in [5, 5.41) is 15.1. The van der Waals surface area contributed by atoms with Crippen LogP contribution in [-0.4, -0.2) is 62.1 Å². The summed E-state index contributed by atoms with van der Waals surface area (Å²) in [4.78, 5) is 5.78. The number of aliphatic hydroxyl groups excluding tert-OH is 1. The van der Waals surface area contributed by atoms with Crippen molar-refractivity contribution in [2.75, 3.05) is 26.3 Å². The Bertz CT molecular complexity index is 1300. The van der Waals surface area contributed by atoms with Crippen LogP contribution in [-0.2, 0) is 19.6 Å². The predicted octanol–water partition coefficient (Wildman–Crippen LogP) is 3.98. The molecule has 8 heteroatoms. The molecule has 1 heterocycles. The summed E-state index contributed by atoms with van der Waals surface area (Å²) in [6.07, 6.45) is 0.432. The van der Waals surface area contributed by atoms with Crippen molar-refractivity contribution in [1.82, 2.24) is 4.31 Å². The van der Waals surface area contributed by atoms with Crippen LogP contribution in [0, 0.1) is 6.92 Å². The van der Waals surface area contributed by atoms with Gasteiger partial charge in [-0.3, -0.25) is 0 Å². The fraction of sp³-hybridized carbons (Fsp3) is 0.321. The number of rotatable bonds is 9. The first kappa shape index (κ1) is 24.6. The monoisotopic (exact) mass is 506 g/mol. The van der Waals surface area contributed by atoms with Crippen LogP contribution < -0.4 is 0 Å². The molecule has 1 N–H and O–H groups in total. The minimum atomic E-state index is -3.82. The molecule has 188 valence electrons. The van der Waals surface area contributed by atoms with Gasteiger partial charge in [-0.05, 0) is 43.0 Å². The van der Waals surface area contributed by atoms with Gasteiger partial charge in [0.15, 0.2) is 0 Å². The van der Waals surface area contributed by atoms with Gasteiger partial charge in [0, 0.05) is 30.8 Å². The summed E-state index contributed by atoms with van der Waals surface area (Å²) in [5.41, 5.74) is 5.79. The number of aryl methyl sites for hydroxylation is 1. The van der Waals surface area contributed by atoms with Crippen molar-refractivity contribution in [3.05, 3.63) is 89.5 Å². The summed E-state index contributed by atoms with van der Waals surface area (Å²) in [6, 6.07) is 22.7. The molecule has 1 aliphatic carbocycles. The Labute approximate surface area is 212 Å². The lowest BCUT2D eigenvalue weighted by molar-refractivity contribution is 0.0232. The van der Waals surface area contributed by atoms with Gasteiger partial charge < -0.3 is 14.7 Å². The number of benzene rings is 3. The molecule has 3 aromatic rings. The van der Waals surface area contributed by atoms with Crippen LogP contribution in [0.4, 0.5) is 0 Å². The highest BCUT2D eigenvalue weighted by atomic mass is 32.2. The van der Waals surface area contributed by atoms with Gasteiger partial charge in [0.1, 0.15) is 18.4 Å². The van der Waals surface area contributed by atoms with Gasteiger partial charge in [0.05, 0.1) is 11.0 Å². The van der Waals surface area contributed by atoms with Crippen LogP contribution in [0.25, 0.3) is 11.1 Å². The average molecular weight is 507 g/mol. The summed E-state index contributed by atoms with van der Waals surface area (Å²) in [5.74, 6) is 0. The van der Waals surface area contributed by atoms with Gasteiger partial charge in [0.2, 0.25) is 10.0 Å². The zero-order chi connectivity index (χ0) is 25.1. The third-order valence-corrected chi connectivity index (χ3v) is 8.43. The third-order valence-electron chi connectivity index (χ3n) is 6.58. The molecule has 36 heavy (non-hydrogen) atoms. The van der Waals surface area contributed by atoms with Crippen LogP contribution in [0.2, 0.25) is 0 Å². The van der Waals surface area contributed by atoms with Crippen molar-refractivity contribution in [3.8, 4) is 11.1 Å². The van der Waals surface area contributed by atoms with Crippen LogP contribution in [0.1, 0.15) is 29.5 Å². The summed E-state index contributed by atoms with van der Waals surface area (Å²) in [7, 11) is -3.82. The molecule has 7 nitrogen and oxygen atoms in total. The van der Waals surface area contributed by atoms with E-state index in [1.807, 2.05) is 55.5 Å². The SMILES string of the molecule is Cc1ccc(S(=O)(=O)N(CC(O)CON=C2c3ccccc3-c3ccccc32)CC2CCCO2)cc1. The molecule has 1 saturated heterocycles. The lowest BCUT2D eigenvalue weighted by Crippen LogP contribution is -2.43. The maximum Gasteiger partial charge on any atom is 0.243 e. The van der Waals surface area contributed by atoms with Gasteiger partial charge in [-0.25, -0.2) is 8.42 Å².